The first kappa shape index (κ1) is 13.0. The van der Waals surface area contributed by atoms with Gasteiger partial charge in [0.05, 0.1) is 0 Å². The van der Waals surface area contributed by atoms with Gasteiger partial charge in [0.25, 0.3) is 0 Å². The quantitative estimate of drug-likeness (QED) is 0.635. The van der Waals surface area contributed by atoms with Crippen LogP contribution in [0.5, 0.6) is 0 Å². The molecule has 0 radical (unpaired) electrons. The van der Waals surface area contributed by atoms with Gasteiger partial charge in [-0.15, -0.1) is 0 Å². The van der Waals surface area contributed by atoms with Crippen molar-refractivity contribution in [1.82, 2.24) is 4.90 Å². The molecule has 2 unspecified atom stereocenters. The highest BCUT2D eigenvalue weighted by atomic mass is 15.2. The fraction of sp³-hybridized carbons (Fsp3) is 1.00. The molecule has 0 aromatic heterocycles. The van der Waals surface area contributed by atoms with E-state index in [1.807, 2.05) is 13.8 Å². The minimum atomic E-state index is 0.634. The summed E-state index contributed by atoms with van der Waals surface area (Å²) in [7, 11) is 2.33. The lowest BCUT2D eigenvalue weighted by Gasteiger charge is -2.32. The summed E-state index contributed by atoms with van der Waals surface area (Å²) in [6.45, 7) is 10.1. The van der Waals surface area contributed by atoms with E-state index in [0.29, 0.717) is 5.54 Å². The van der Waals surface area contributed by atoms with Crippen LogP contribution in [0.3, 0.4) is 0 Å². The molecule has 1 spiro atoms. The number of likely N-dealkylation sites (tertiary alicyclic amines) is 1. The Labute approximate surface area is 96.2 Å². The fourth-order valence-electron chi connectivity index (χ4n) is 3.36. The molecule has 1 aliphatic heterocycles. The molecule has 2 aliphatic rings. The van der Waals surface area contributed by atoms with E-state index in [2.05, 4.69) is 25.8 Å². The number of hydrogen-bond acceptors (Lipinski definition) is 1. The third-order valence-electron chi connectivity index (χ3n) is 4.51. The standard InChI is InChI=1S/C12H23N.C2H6/c1-10(2)11-5-7-12(9-11)6-4-8-13(12)3;1-2/h10-11H,4-9H2,1-3H3;1-2H3. The molecule has 2 rings (SSSR count). The summed E-state index contributed by atoms with van der Waals surface area (Å²) in [5, 5.41) is 0. The van der Waals surface area contributed by atoms with Gasteiger partial charge in [0, 0.05) is 5.54 Å². The number of nitrogens with zero attached hydrogens (tertiary/aromatic N) is 1. The highest BCUT2D eigenvalue weighted by Gasteiger charge is 2.45. The van der Waals surface area contributed by atoms with Gasteiger partial charge in [0.1, 0.15) is 0 Å². The van der Waals surface area contributed by atoms with Crippen molar-refractivity contribution >= 4 is 0 Å². The Balaban J connectivity index is 0.000000531. The molecule has 1 saturated carbocycles. The summed E-state index contributed by atoms with van der Waals surface area (Å²) in [6, 6.07) is 0. The Morgan fingerprint density at radius 2 is 1.87 bits per heavy atom. The van der Waals surface area contributed by atoms with Crippen LogP contribution in [0.4, 0.5) is 0 Å². The first-order valence-electron chi connectivity index (χ1n) is 6.85. The molecule has 1 nitrogen and oxygen atoms in total. The minimum Gasteiger partial charge on any atom is -0.301 e. The van der Waals surface area contributed by atoms with E-state index in [-0.39, 0.29) is 0 Å². The molecule has 0 amide bonds. The van der Waals surface area contributed by atoms with Gasteiger partial charge in [0.2, 0.25) is 0 Å². The molecule has 2 atom stereocenters. The van der Waals surface area contributed by atoms with Gasteiger partial charge in [0.15, 0.2) is 0 Å². The average Bonchev–Trinajstić information content (AvgIpc) is 2.80. The minimum absolute atomic E-state index is 0.634. The smallest absolute Gasteiger partial charge is 0.0209 e. The molecule has 1 heterocycles. The second kappa shape index (κ2) is 5.34. The third kappa shape index (κ3) is 2.55. The normalized spacial score (nSPS) is 36.0. The van der Waals surface area contributed by atoms with Crippen molar-refractivity contribution in [3.8, 4) is 0 Å². The second-order valence-corrected chi connectivity index (χ2v) is 5.50. The van der Waals surface area contributed by atoms with Crippen LogP contribution in [0.25, 0.3) is 0 Å². The molecule has 15 heavy (non-hydrogen) atoms. The third-order valence-corrected chi connectivity index (χ3v) is 4.51. The zero-order valence-corrected chi connectivity index (χ0v) is 11.3. The molecule has 1 aliphatic carbocycles. The molecule has 90 valence electrons. The molecular formula is C14H29N. The maximum Gasteiger partial charge on any atom is 0.0209 e. The Hall–Kier alpha value is -0.0400. The summed E-state index contributed by atoms with van der Waals surface area (Å²) in [6.07, 6.45) is 7.31. The van der Waals surface area contributed by atoms with E-state index in [9.17, 15) is 0 Å². The van der Waals surface area contributed by atoms with Crippen LogP contribution in [0.2, 0.25) is 0 Å². The van der Waals surface area contributed by atoms with Crippen LogP contribution in [-0.4, -0.2) is 24.0 Å². The van der Waals surface area contributed by atoms with Gasteiger partial charge in [-0.3, -0.25) is 0 Å². The largest absolute Gasteiger partial charge is 0.301 e. The fourth-order valence-corrected chi connectivity index (χ4v) is 3.36. The molecule has 0 aromatic carbocycles. The van der Waals surface area contributed by atoms with Gasteiger partial charge in [-0.25, -0.2) is 0 Å². The van der Waals surface area contributed by atoms with E-state index in [4.69, 9.17) is 0 Å². The topological polar surface area (TPSA) is 3.24 Å². The molecule has 1 heteroatoms. The summed E-state index contributed by atoms with van der Waals surface area (Å²) < 4.78 is 0. The van der Waals surface area contributed by atoms with Gasteiger partial charge >= 0.3 is 0 Å². The van der Waals surface area contributed by atoms with Crippen LogP contribution < -0.4 is 0 Å². The first-order valence-corrected chi connectivity index (χ1v) is 6.85. The second-order valence-electron chi connectivity index (χ2n) is 5.50. The summed E-state index contributed by atoms with van der Waals surface area (Å²) in [5.41, 5.74) is 0.634. The molecule has 0 N–H and O–H groups in total. The van der Waals surface area contributed by atoms with Gasteiger partial charge in [-0.2, -0.15) is 0 Å². The Bertz CT molecular complexity index is 188. The SMILES string of the molecule is CC.CC(C)C1CCC2(CCCN2C)C1. The van der Waals surface area contributed by atoms with Gasteiger partial charge in [-0.1, -0.05) is 27.7 Å². The highest BCUT2D eigenvalue weighted by Crippen LogP contribution is 2.46. The zero-order valence-electron chi connectivity index (χ0n) is 11.3. The van der Waals surface area contributed by atoms with Crippen molar-refractivity contribution in [3.05, 3.63) is 0 Å². The van der Waals surface area contributed by atoms with Crippen LogP contribution in [-0.2, 0) is 0 Å². The van der Waals surface area contributed by atoms with E-state index < -0.39 is 0 Å². The summed E-state index contributed by atoms with van der Waals surface area (Å²) in [5.74, 6) is 1.90. The highest BCUT2D eigenvalue weighted by molar-refractivity contribution is 5.00. The molecule has 0 bridgehead atoms. The van der Waals surface area contributed by atoms with Gasteiger partial charge in [-0.05, 0) is 57.5 Å². The molecule has 2 fully saturated rings. The molecule has 0 aromatic rings. The molecular weight excluding hydrogens is 182 g/mol. The van der Waals surface area contributed by atoms with Gasteiger partial charge < -0.3 is 4.90 Å². The Morgan fingerprint density at radius 3 is 2.27 bits per heavy atom. The lowest BCUT2D eigenvalue weighted by molar-refractivity contribution is 0.169. The summed E-state index contributed by atoms with van der Waals surface area (Å²) in [4.78, 5) is 2.63. The lowest BCUT2D eigenvalue weighted by atomic mass is 9.89. The Morgan fingerprint density at radius 1 is 1.20 bits per heavy atom. The van der Waals surface area contributed by atoms with Crippen LogP contribution in [0.1, 0.15) is 59.8 Å². The number of rotatable bonds is 1. The first-order chi connectivity index (χ1) is 7.14. The van der Waals surface area contributed by atoms with E-state index in [0.717, 1.165) is 11.8 Å². The van der Waals surface area contributed by atoms with Crippen molar-refractivity contribution in [2.75, 3.05) is 13.6 Å². The Kier molecular flexibility index (Phi) is 4.64. The lowest BCUT2D eigenvalue weighted by Crippen LogP contribution is -2.38. The van der Waals surface area contributed by atoms with Crippen LogP contribution >= 0.6 is 0 Å². The van der Waals surface area contributed by atoms with Crippen molar-refractivity contribution in [2.24, 2.45) is 11.8 Å². The monoisotopic (exact) mass is 211 g/mol. The average molecular weight is 211 g/mol. The van der Waals surface area contributed by atoms with Crippen molar-refractivity contribution in [1.29, 1.82) is 0 Å². The maximum absolute atomic E-state index is 2.63. The van der Waals surface area contributed by atoms with E-state index >= 15 is 0 Å². The number of hydrogen-bond donors (Lipinski definition) is 0. The van der Waals surface area contributed by atoms with Crippen LogP contribution in [0, 0.1) is 11.8 Å². The zero-order chi connectivity index (χ0) is 11.5. The van der Waals surface area contributed by atoms with Crippen LogP contribution in [0.15, 0.2) is 0 Å². The van der Waals surface area contributed by atoms with E-state index in [1.165, 1.54) is 38.6 Å². The molecule has 1 saturated heterocycles. The van der Waals surface area contributed by atoms with Crippen molar-refractivity contribution in [3.63, 3.8) is 0 Å². The van der Waals surface area contributed by atoms with Crippen molar-refractivity contribution in [2.45, 2.75) is 65.3 Å². The maximum atomic E-state index is 2.63. The van der Waals surface area contributed by atoms with Crippen molar-refractivity contribution < 1.29 is 0 Å². The predicted molar refractivity (Wildman–Crippen MR) is 68.1 cm³/mol. The van der Waals surface area contributed by atoms with E-state index in [1.54, 1.807) is 0 Å². The predicted octanol–water partition coefficient (Wildman–Crippen LogP) is 3.93. The summed E-state index contributed by atoms with van der Waals surface area (Å²) >= 11 is 0.